The highest BCUT2D eigenvalue weighted by Crippen LogP contribution is 2.31. The number of amides is 3. The lowest BCUT2D eigenvalue weighted by Gasteiger charge is -2.35. The summed E-state index contributed by atoms with van der Waals surface area (Å²) in [6, 6.07) is 4.53. The molecule has 2 aliphatic heterocycles. The normalized spacial score (nSPS) is 20.7. The molecule has 0 bridgehead atoms. The SMILES string of the molecule is CCOC(=O)N1CCC[C@H](N2C(=O)c3cccc(N)c3C2=O)C1. The van der Waals surface area contributed by atoms with Crippen LogP contribution in [0.5, 0.6) is 0 Å². The second-order valence-electron chi connectivity index (χ2n) is 5.69. The third-order valence-corrected chi connectivity index (χ3v) is 4.27. The molecule has 1 saturated heterocycles. The molecule has 0 aromatic heterocycles. The third-order valence-electron chi connectivity index (χ3n) is 4.27. The summed E-state index contributed by atoms with van der Waals surface area (Å²) in [7, 11) is 0. The van der Waals surface area contributed by atoms with Crippen LogP contribution < -0.4 is 5.73 Å². The summed E-state index contributed by atoms with van der Waals surface area (Å²) in [5.41, 5.74) is 6.76. The van der Waals surface area contributed by atoms with Crippen molar-refractivity contribution in [3.8, 4) is 0 Å². The highest BCUT2D eigenvalue weighted by atomic mass is 16.6. The van der Waals surface area contributed by atoms with E-state index in [-0.39, 0.29) is 23.4 Å². The van der Waals surface area contributed by atoms with Crippen molar-refractivity contribution in [2.75, 3.05) is 25.4 Å². The second-order valence-corrected chi connectivity index (χ2v) is 5.69. The van der Waals surface area contributed by atoms with E-state index in [9.17, 15) is 14.4 Å². The van der Waals surface area contributed by atoms with Crippen LogP contribution in [-0.4, -0.2) is 53.4 Å². The second kappa shape index (κ2) is 5.91. The van der Waals surface area contributed by atoms with Crippen molar-refractivity contribution < 1.29 is 19.1 Å². The Balaban J connectivity index is 1.83. The van der Waals surface area contributed by atoms with Crippen LogP contribution in [0.3, 0.4) is 0 Å². The summed E-state index contributed by atoms with van der Waals surface area (Å²) in [6.45, 7) is 2.90. The van der Waals surface area contributed by atoms with E-state index in [0.29, 0.717) is 43.8 Å². The summed E-state index contributed by atoms with van der Waals surface area (Å²) >= 11 is 0. The number of nitrogens with zero attached hydrogens (tertiary/aromatic N) is 2. The lowest BCUT2D eigenvalue weighted by Crippen LogP contribution is -2.51. The molecule has 1 atom stereocenters. The molecule has 0 spiro atoms. The lowest BCUT2D eigenvalue weighted by molar-refractivity contribution is 0.0442. The zero-order valence-electron chi connectivity index (χ0n) is 12.9. The maximum Gasteiger partial charge on any atom is 0.409 e. The molecule has 7 nitrogen and oxygen atoms in total. The van der Waals surface area contributed by atoms with Crippen LogP contribution in [0.2, 0.25) is 0 Å². The van der Waals surface area contributed by atoms with Gasteiger partial charge in [-0.15, -0.1) is 0 Å². The van der Waals surface area contributed by atoms with E-state index in [1.165, 1.54) is 4.90 Å². The number of benzene rings is 1. The zero-order chi connectivity index (χ0) is 16.6. The van der Waals surface area contributed by atoms with Crippen LogP contribution in [0.15, 0.2) is 18.2 Å². The van der Waals surface area contributed by atoms with Crippen molar-refractivity contribution in [1.29, 1.82) is 0 Å². The molecule has 2 heterocycles. The molecule has 0 aliphatic carbocycles. The van der Waals surface area contributed by atoms with E-state index in [4.69, 9.17) is 10.5 Å². The standard InChI is InChI=1S/C16H19N3O4/c1-2-23-16(22)18-8-4-5-10(9-18)19-14(20)11-6-3-7-12(17)13(11)15(19)21/h3,6-7,10H,2,4-5,8-9,17H2,1H3/t10-/m0/s1. The number of hydrogen-bond acceptors (Lipinski definition) is 5. The Morgan fingerprint density at radius 1 is 1.35 bits per heavy atom. The summed E-state index contributed by atoms with van der Waals surface area (Å²) in [4.78, 5) is 39.9. The quantitative estimate of drug-likeness (QED) is 0.659. The number of ether oxygens (including phenoxy) is 1. The number of piperidine rings is 1. The van der Waals surface area contributed by atoms with Gasteiger partial charge in [-0.3, -0.25) is 14.5 Å². The molecular formula is C16H19N3O4. The van der Waals surface area contributed by atoms with Crippen LogP contribution in [-0.2, 0) is 4.74 Å². The number of fused-ring (bicyclic) bond motifs is 1. The van der Waals surface area contributed by atoms with E-state index in [2.05, 4.69) is 0 Å². The van der Waals surface area contributed by atoms with Crippen molar-refractivity contribution in [3.63, 3.8) is 0 Å². The van der Waals surface area contributed by atoms with Gasteiger partial charge in [0, 0.05) is 18.8 Å². The topological polar surface area (TPSA) is 92.9 Å². The molecule has 3 rings (SSSR count). The van der Waals surface area contributed by atoms with Gasteiger partial charge in [-0.2, -0.15) is 0 Å². The first-order valence-electron chi connectivity index (χ1n) is 7.72. The molecule has 2 N–H and O–H groups in total. The Bertz CT molecular complexity index is 673. The molecule has 0 radical (unpaired) electrons. The number of carbonyl (C=O) groups is 3. The Kier molecular flexibility index (Phi) is 3.94. The molecule has 7 heteroatoms. The first-order chi connectivity index (χ1) is 11.0. The Hall–Kier alpha value is -2.57. The third kappa shape index (κ3) is 2.52. The van der Waals surface area contributed by atoms with Crippen molar-refractivity contribution in [1.82, 2.24) is 9.80 Å². The fourth-order valence-electron chi connectivity index (χ4n) is 3.21. The first kappa shape index (κ1) is 15.3. The minimum Gasteiger partial charge on any atom is -0.450 e. The van der Waals surface area contributed by atoms with Crippen molar-refractivity contribution in [3.05, 3.63) is 29.3 Å². The monoisotopic (exact) mass is 317 g/mol. The van der Waals surface area contributed by atoms with Crippen LogP contribution in [0.25, 0.3) is 0 Å². The predicted octanol–water partition coefficient (Wildman–Crippen LogP) is 1.49. The molecule has 0 unspecified atom stereocenters. The highest BCUT2D eigenvalue weighted by molar-refractivity contribution is 6.23. The van der Waals surface area contributed by atoms with Crippen molar-refractivity contribution in [2.45, 2.75) is 25.8 Å². The molecule has 1 aromatic rings. The van der Waals surface area contributed by atoms with Gasteiger partial charge in [0.15, 0.2) is 0 Å². The van der Waals surface area contributed by atoms with Crippen LogP contribution in [0.4, 0.5) is 10.5 Å². The van der Waals surface area contributed by atoms with Crippen molar-refractivity contribution >= 4 is 23.6 Å². The number of rotatable bonds is 2. The number of hydrogen-bond donors (Lipinski definition) is 1. The van der Waals surface area contributed by atoms with Gasteiger partial charge < -0.3 is 15.4 Å². The molecule has 1 fully saturated rings. The maximum atomic E-state index is 12.6. The van der Waals surface area contributed by atoms with E-state index < -0.39 is 6.09 Å². The van der Waals surface area contributed by atoms with Crippen molar-refractivity contribution in [2.24, 2.45) is 0 Å². The largest absolute Gasteiger partial charge is 0.450 e. The van der Waals surface area contributed by atoms with E-state index >= 15 is 0 Å². The number of nitrogen functional groups attached to an aromatic ring is 1. The average Bonchev–Trinajstić information content (AvgIpc) is 2.80. The number of carbonyl (C=O) groups excluding carboxylic acids is 3. The fraction of sp³-hybridized carbons (Fsp3) is 0.438. The van der Waals surface area contributed by atoms with Gasteiger partial charge in [0.25, 0.3) is 11.8 Å². The Morgan fingerprint density at radius 2 is 2.13 bits per heavy atom. The molecule has 2 aliphatic rings. The highest BCUT2D eigenvalue weighted by Gasteiger charge is 2.42. The van der Waals surface area contributed by atoms with Gasteiger partial charge >= 0.3 is 6.09 Å². The molecule has 23 heavy (non-hydrogen) atoms. The van der Waals surface area contributed by atoms with Gasteiger partial charge in [-0.1, -0.05) is 6.07 Å². The molecule has 0 saturated carbocycles. The molecule has 1 aromatic carbocycles. The van der Waals surface area contributed by atoms with E-state index in [1.807, 2.05) is 0 Å². The lowest BCUT2D eigenvalue weighted by atomic mass is 10.0. The van der Waals surface area contributed by atoms with Gasteiger partial charge in [0.2, 0.25) is 0 Å². The summed E-state index contributed by atoms with van der Waals surface area (Å²) < 4.78 is 5.01. The number of anilines is 1. The van der Waals surface area contributed by atoms with Crippen LogP contribution in [0.1, 0.15) is 40.5 Å². The van der Waals surface area contributed by atoms with Crippen LogP contribution in [0, 0.1) is 0 Å². The zero-order valence-corrected chi connectivity index (χ0v) is 12.9. The Morgan fingerprint density at radius 3 is 2.83 bits per heavy atom. The van der Waals surface area contributed by atoms with E-state index in [1.54, 1.807) is 30.0 Å². The minimum atomic E-state index is -0.409. The molecule has 122 valence electrons. The predicted molar refractivity (Wildman–Crippen MR) is 83.0 cm³/mol. The molecule has 3 amide bonds. The van der Waals surface area contributed by atoms with Crippen LogP contribution >= 0.6 is 0 Å². The minimum absolute atomic E-state index is 0.269. The first-order valence-corrected chi connectivity index (χ1v) is 7.72. The van der Waals surface area contributed by atoms with Gasteiger partial charge in [0.1, 0.15) is 0 Å². The number of nitrogens with two attached hydrogens (primary N) is 1. The fourth-order valence-corrected chi connectivity index (χ4v) is 3.21. The van der Waals surface area contributed by atoms with Gasteiger partial charge in [0.05, 0.1) is 23.8 Å². The summed E-state index contributed by atoms with van der Waals surface area (Å²) in [5, 5.41) is 0. The smallest absolute Gasteiger partial charge is 0.409 e. The van der Waals surface area contributed by atoms with E-state index in [0.717, 1.165) is 0 Å². The Labute approximate surface area is 134 Å². The summed E-state index contributed by atoms with van der Waals surface area (Å²) in [6.07, 6.45) is 0.974. The number of imide groups is 1. The maximum absolute atomic E-state index is 12.6. The average molecular weight is 317 g/mol. The van der Waals surface area contributed by atoms with Gasteiger partial charge in [-0.25, -0.2) is 4.79 Å². The van der Waals surface area contributed by atoms with Gasteiger partial charge in [-0.05, 0) is 31.9 Å². The number of likely N-dealkylation sites (tertiary alicyclic amines) is 1. The molecular weight excluding hydrogens is 298 g/mol. The summed E-state index contributed by atoms with van der Waals surface area (Å²) in [5.74, 6) is -0.716.